The van der Waals surface area contributed by atoms with Crippen LogP contribution < -0.4 is 4.74 Å². The van der Waals surface area contributed by atoms with Gasteiger partial charge in [-0.2, -0.15) is 0 Å². The van der Waals surface area contributed by atoms with Crippen molar-refractivity contribution >= 4 is 11.6 Å². The maximum atomic E-state index is 13.1. The fraction of sp³-hybridized carbons (Fsp3) is 0.240. The minimum Gasteiger partial charge on any atom is -0.483 e. The Bertz CT molecular complexity index is 1190. The van der Waals surface area contributed by atoms with Gasteiger partial charge in [0.25, 0.3) is 5.91 Å². The molecule has 0 spiro atoms. The monoisotopic (exact) mass is 412 g/mol. The van der Waals surface area contributed by atoms with Gasteiger partial charge in [0.05, 0.1) is 6.04 Å². The number of hydrogen-bond acceptors (Lipinski definition) is 4. The van der Waals surface area contributed by atoms with Crippen LogP contribution in [0.1, 0.15) is 35.8 Å². The zero-order valence-electron chi connectivity index (χ0n) is 17.2. The zero-order chi connectivity index (χ0) is 21.0. The summed E-state index contributed by atoms with van der Waals surface area (Å²) in [5.74, 6) is 1.54. The van der Waals surface area contributed by atoms with Gasteiger partial charge in [-0.15, -0.1) is 10.2 Å². The summed E-state index contributed by atoms with van der Waals surface area (Å²) >= 11 is 0. The minimum atomic E-state index is -0.0759. The Hall–Kier alpha value is -3.67. The number of carbonyl (C=O) groups is 1. The molecule has 0 N–H and O–H groups in total. The lowest BCUT2D eigenvalue weighted by atomic mass is 10.0. The predicted molar refractivity (Wildman–Crippen MR) is 118 cm³/mol. The molecule has 1 aliphatic heterocycles. The van der Waals surface area contributed by atoms with E-state index in [1.165, 1.54) is 5.56 Å². The largest absolute Gasteiger partial charge is 0.483 e. The normalized spacial score (nSPS) is 16.0. The number of rotatable bonds is 6. The molecule has 6 nitrogen and oxygen atoms in total. The Kier molecular flexibility index (Phi) is 5.35. The Morgan fingerprint density at radius 2 is 1.77 bits per heavy atom. The van der Waals surface area contributed by atoms with E-state index in [1.54, 1.807) is 0 Å². The third-order valence-electron chi connectivity index (χ3n) is 5.77. The molecule has 6 heteroatoms. The molecule has 31 heavy (non-hydrogen) atoms. The Labute approximate surface area is 181 Å². The van der Waals surface area contributed by atoms with Crippen LogP contribution in [0.4, 0.5) is 0 Å². The molecule has 0 radical (unpaired) electrons. The number of fused-ring (bicyclic) bond motifs is 1. The molecule has 3 heterocycles. The first-order valence-electron chi connectivity index (χ1n) is 10.6. The molecule has 1 unspecified atom stereocenters. The summed E-state index contributed by atoms with van der Waals surface area (Å²) < 4.78 is 7.97. The number of pyridine rings is 1. The molecule has 5 rings (SSSR count). The van der Waals surface area contributed by atoms with Crippen molar-refractivity contribution in [2.45, 2.75) is 25.3 Å². The van der Waals surface area contributed by atoms with Gasteiger partial charge in [0.1, 0.15) is 5.75 Å². The lowest BCUT2D eigenvalue weighted by Gasteiger charge is -2.24. The summed E-state index contributed by atoms with van der Waals surface area (Å²) in [5.41, 5.74) is 3.08. The summed E-state index contributed by atoms with van der Waals surface area (Å²) in [6, 6.07) is 23.9. The second-order valence-corrected chi connectivity index (χ2v) is 7.79. The van der Waals surface area contributed by atoms with E-state index in [0.29, 0.717) is 6.54 Å². The van der Waals surface area contributed by atoms with Gasteiger partial charge in [-0.3, -0.25) is 9.20 Å². The van der Waals surface area contributed by atoms with E-state index in [2.05, 4.69) is 22.3 Å². The first-order chi connectivity index (χ1) is 15.3. The molecular weight excluding hydrogens is 388 g/mol. The van der Waals surface area contributed by atoms with E-state index < -0.39 is 0 Å². The van der Waals surface area contributed by atoms with Crippen LogP contribution in [0.5, 0.6) is 5.75 Å². The summed E-state index contributed by atoms with van der Waals surface area (Å²) in [4.78, 5) is 15.0. The van der Waals surface area contributed by atoms with Crippen molar-refractivity contribution in [3.05, 3.63) is 95.9 Å². The van der Waals surface area contributed by atoms with Gasteiger partial charge in [0, 0.05) is 19.2 Å². The van der Waals surface area contributed by atoms with E-state index in [0.717, 1.165) is 42.0 Å². The molecule has 0 aliphatic carbocycles. The van der Waals surface area contributed by atoms with Crippen LogP contribution >= 0.6 is 0 Å². The minimum absolute atomic E-state index is 0.0129. The predicted octanol–water partition coefficient (Wildman–Crippen LogP) is 4.06. The van der Waals surface area contributed by atoms with Crippen molar-refractivity contribution in [1.82, 2.24) is 19.5 Å². The number of carbonyl (C=O) groups excluding carboxylic acids is 1. The van der Waals surface area contributed by atoms with Gasteiger partial charge in [-0.05, 0) is 42.2 Å². The Morgan fingerprint density at radius 3 is 2.68 bits per heavy atom. The highest BCUT2D eigenvalue weighted by atomic mass is 16.5. The van der Waals surface area contributed by atoms with E-state index >= 15 is 0 Å². The van der Waals surface area contributed by atoms with Crippen LogP contribution in [0.2, 0.25) is 0 Å². The lowest BCUT2D eigenvalue weighted by Crippen LogP contribution is -2.35. The van der Waals surface area contributed by atoms with Crippen LogP contribution in [0, 0.1) is 0 Å². The molecule has 2 aromatic heterocycles. The van der Waals surface area contributed by atoms with Gasteiger partial charge in [0.15, 0.2) is 18.1 Å². The summed E-state index contributed by atoms with van der Waals surface area (Å²) in [6.07, 6.45) is 4.54. The number of nitrogens with zero attached hydrogens (tertiary/aromatic N) is 4. The van der Waals surface area contributed by atoms with Crippen LogP contribution in [-0.4, -0.2) is 38.6 Å². The highest BCUT2D eigenvalue weighted by Gasteiger charge is 2.33. The number of ether oxygens (including phenoxy) is 1. The average Bonchev–Trinajstić information content (AvgIpc) is 3.46. The number of likely N-dealkylation sites (tertiary alicyclic amines) is 1. The highest BCUT2D eigenvalue weighted by Crippen LogP contribution is 2.31. The van der Waals surface area contributed by atoms with Crippen LogP contribution in [0.15, 0.2) is 79.0 Å². The standard InChI is InChI=1S/C25H24N4O2/c30-24(18-31-22-13-5-4-11-20(22)17-19-9-2-1-3-10-19)28-16-8-12-21(28)25-27-26-23-14-6-7-15-29(23)25/h1-7,9-11,13-15,21H,8,12,16-18H2. The molecule has 1 amide bonds. The van der Waals surface area contributed by atoms with Crippen molar-refractivity contribution in [2.75, 3.05) is 13.2 Å². The van der Waals surface area contributed by atoms with E-state index in [9.17, 15) is 4.79 Å². The number of amides is 1. The van der Waals surface area contributed by atoms with Crippen LogP contribution in [-0.2, 0) is 11.2 Å². The number of hydrogen-bond donors (Lipinski definition) is 0. The number of benzene rings is 2. The molecule has 4 aromatic rings. The fourth-order valence-corrected chi connectivity index (χ4v) is 4.25. The van der Waals surface area contributed by atoms with Gasteiger partial charge in [0.2, 0.25) is 0 Å². The van der Waals surface area contributed by atoms with E-state index in [4.69, 9.17) is 4.74 Å². The third kappa shape index (κ3) is 4.01. The summed E-state index contributed by atoms with van der Waals surface area (Å²) in [7, 11) is 0. The first kappa shape index (κ1) is 19.3. The molecule has 1 saturated heterocycles. The van der Waals surface area contributed by atoms with Gasteiger partial charge < -0.3 is 9.64 Å². The smallest absolute Gasteiger partial charge is 0.261 e. The van der Waals surface area contributed by atoms with Crippen molar-refractivity contribution in [3.63, 3.8) is 0 Å². The Morgan fingerprint density at radius 1 is 0.968 bits per heavy atom. The highest BCUT2D eigenvalue weighted by molar-refractivity contribution is 5.78. The van der Waals surface area contributed by atoms with Crippen molar-refractivity contribution in [3.8, 4) is 5.75 Å². The van der Waals surface area contributed by atoms with Crippen LogP contribution in [0.25, 0.3) is 5.65 Å². The molecule has 156 valence electrons. The molecular formula is C25H24N4O2. The molecule has 0 saturated carbocycles. The zero-order valence-corrected chi connectivity index (χ0v) is 17.2. The lowest BCUT2D eigenvalue weighted by molar-refractivity contribution is -0.134. The van der Waals surface area contributed by atoms with Crippen molar-refractivity contribution in [1.29, 1.82) is 0 Å². The summed E-state index contributed by atoms with van der Waals surface area (Å²) in [6.45, 7) is 0.722. The van der Waals surface area contributed by atoms with Gasteiger partial charge in [-0.1, -0.05) is 54.6 Å². The molecule has 2 aromatic carbocycles. The van der Waals surface area contributed by atoms with Crippen molar-refractivity contribution in [2.24, 2.45) is 0 Å². The Balaban J connectivity index is 1.30. The van der Waals surface area contributed by atoms with Gasteiger partial charge in [-0.25, -0.2) is 0 Å². The number of para-hydroxylation sites is 1. The quantitative estimate of drug-likeness (QED) is 0.479. The number of aromatic nitrogens is 3. The SMILES string of the molecule is O=C(COc1ccccc1Cc1ccccc1)N1CCCC1c1nnc2ccccn12. The maximum absolute atomic E-state index is 13.1. The van der Waals surface area contributed by atoms with Gasteiger partial charge >= 0.3 is 0 Å². The fourth-order valence-electron chi connectivity index (χ4n) is 4.25. The van der Waals surface area contributed by atoms with E-state index in [-0.39, 0.29) is 18.6 Å². The molecule has 0 bridgehead atoms. The molecule has 1 fully saturated rings. The molecule has 1 aliphatic rings. The average molecular weight is 412 g/mol. The van der Waals surface area contributed by atoms with Crippen LogP contribution in [0.3, 0.4) is 0 Å². The second kappa shape index (κ2) is 8.60. The van der Waals surface area contributed by atoms with Crippen molar-refractivity contribution < 1.29 is 9.53 Å². The topological polar surface area (TPSA) is 59.7 Å². The summed E-state index contributed by atoms with van der Waals surface area (Å²) in [5, 5.41) is 8.61. The third-order valence-corrected chi connectivity index (χ3v) is 5.77. The molecule has 1 atom stereocenters. The second-order valence-electron chi connectivity index (χ2n) is 7.79. The maximum Gasteiger partial charge on any atom is 0.261 e. The first-order valence-corrected chi connectivity index (χ1v) is 10.6. The van der Waals surface area contributed by atoms with E-state index in [1.807, 2.05) is 76.2 Å².